The Labute approximate surface area is 102 Å². The van der Waals surface area contributed by atoms with Gasteiger partial charge >= 0.3 is 0 Å². The molecule has 0 aromatic heterocycles. The molecule has 0 N–H and O–H groups in total. The van der Waals surface area contributed by atoms with Crippen LogP contribution in [0.4, 0.5) is 0 Å². The number of hydrogen-bond acceptors (Lipinski definition) is 2. The SMILES string of the molecule is COc1ccc(C(=O)C2=CCC(C)CC2)cc1. The summed E-state index contributed by atoms with van der Waals surface area (Å²) >= 11 is 0. The third-order valence-electron chi connectivity index (χ3n) is 3.32. The summed E-state index contributed by atoms with van der Waals surface area (Å²) in [6, 6.07) is 7.33. The number of benzene rings is 1. The predicted molar refractivity (Wildman–Crippen MR) is 68.4 cm³/mol. The van der Waals surface area contributed by atoms with E-state index >= 15 is 0 Å². The molecule has 1 aliphatic carbocycles. The molecule has 0 radical (unpaired) electrons. The number of ketones is 1. The molecule has 0 bridgehead atoms. The van der Waals surface area contributed by atoms with E-state index in [0.29, 0.717) is 5.92 Å². The zero-order chi connectivity index (χ0) is 12.3. The highest BCUT2D eigenvalue weighted by atomic mass is 16.5. The molecule has 17 heavy (non-hydrogen) atoms. The van der Waals surface area contributed by atoms with Crippen LogP contribution < -0.4 is 4.74 Å². The Morgan fingerprint density at radius 1 is 1.29 bits per heavy atom. The van der Waals surface area contributed by atoms with E-state index in [9.17, 15) is 4.79 Å². The number of ether oxygens (including phenoxy) is 1. The number of rotatable bonds is 3. The van der Waals surface area contributed by atoms with Crippen LogP contribution in [0.3, 0.4) is 0 Å². The molecule has 0 saturated carbocycles. The van der Waals surface area contributed by atoms with E-state index in [0.717, 1.165) is 36.1 Å². The minimum absolute atomic E-state index is 0.166. The van der Waals surface area contributed by atoms with Crippen LogP contribution in [0.25, 0.3) is 0 Å². The van der Waals surface area contributed by atoms with Crippen LogP contribution in [0, 0.1) is 5.92 Å². The predicted octanol–water partition coefficient (Wildman–Crippen LogP) is 3.62. The van der Waals surface area contributed by atoms with Crippen molar-refractivity contribution in [1.82, 2.24) is 0 Å². The largest absolute Gasteiger partial charge is 0.497 e. The molecule has 1 unspecified atom stereocenters. The molecule has 2 heteroatoms. The smallest absolute Gasteiger partial charge is 0.188 e. The molecule has 2 rings (SSSR count). The van der Waals surface area contributed by atoms with Gasteiger partial charge in [-0.1, -0.05) is 13.0 Å². The van der Waals surface area contributed by atoms with Crippen molar-refractivity contribution >= 4 is 5.78 Å². The first-order valence-electron chi connectivity index (χ1n) is 6.08. The van der Waals surface area contributed by atoms with E-state index < -0.39 is 0 Å². The molecular formula is C15H18O2. The molecule has 1 aromatic rings. The minimum Gasteiger partial charge on any atom is -0.497 e. The third kappa shape index (κ3) is 2.76. The van der Waals surface area contributed by atoms with Crippen molar-refractivity contribution in [1.29, 1.82) is 0 Å². The lowest BCUT2D eigenvalue weighted by atomic mass is 9.87. The maximum absolute atomic E-state index is 12.2. The van der Waals surface area contributed by atoms with Gasteiger partial charge in [0.05, 0.1) is 7.11 Å². The van der Waals surface area contributed by atoms with Gasteiger partial charge in [0.1, 0.15) is 5.75 Å². The Kier molecular flexibility index (Phi) is 3.62. The minimum atomic E-state index is 0.166. The average Bonchev–Trinajstić information content (AvgIpc) is 2.39. The van der Waals surface area contributed by atoms with E-state index in [1.165, 1.54) is 0 Å². The van der Waals surface area contributed by atoms with Crippen molar-refractivity contribution in [2.24, 2.45) is 5.92 Å². The summed E-state index contributed by atoms with van der Waals surface area (Å²) < 4.78 is 5.08. The van der Waals surface area contributed by atoms with Gasteiger partial charge in [0.15, 0.2) is 5.78 Å². The normalized spacial score (nSPS) is 19.6. The van der Waals surface area contributed by atoms with E-state index in [1.807, 2.05) is 24.3 Å². The molecule has 0 saturated heterocycles. The Hall–Kier alpha value is -1.57. The number of carbonyl (C=O) groups is 1. The number of allylic oxidation sites excluding steroid dienone is 2. The van der Waals surface area contributed by atoms with Crippen LogP contribution in [-0.2, 0) is 0 Å². The molecule has 0 spiro atoms. The van der Waals surface area contributed by atoms with Gasteiger partial charge in [-0.15, -0.1) is 0 Å². The van der Waals surface area contributed by atoms with Crippen molar-refractivity contribution in [3.63, 3.8) is 0 Å². The van der Waals surface area contributed by atoms with Crippen LogP contribution in [0.5, 0.6) is 5.75 Å². The van der Waals surface area contributed by atoms with Gasteiger partial charge in [0.2, 0.25) is 0 Å². The quantitative estimate of drug-likeness (QED) is 0.741. The zero-order valence-electron chi connectivity index (χ0n) is 10.4. The summed E-state index contributed by atoms with van der Waals surface area (Å²) in [4.78, 5) is 12.2. The summed E-state index contributed by atoms with van der Waals surface area (Å²) in [5.74, 6) is 1.66. The first kappa shape index (κ1) is 11.9. The summed E-state index contributed by atoms with van der Waals surface area (Å²) in [6.45, 7) is 2.23. The van der Waals surface area contributed by atoms with Crippen molar-refractivity contribution < 1.29 is 9.53 Å². The zero-order valence-corrected chi connectivity index (χ0v) is 10.4. The molecule has 0 amide bonds. The highest BCUT2D eigenvalue weighted by molar-refractivity contribution is 6.08. The molecule has 1 aliphatic rings. The highest BCUT2D eigenvalue weighted by Gasteiger charge is 2.17. The molecule has 0 aliphatic heterocycles. The fourth-order valence-electron chi connectivity index (χ4n) is 2.10. The van der Waals surface area contributed by atoms with Gasteiger partial charge in [-0.05, 0) is 55.0 Å². The van der Waals surface area contributed by atoms with Gasteiger partial charge < -0.3 is 4.74 Å². The fraction of sp³-hybridized carbons (Fsp3) is 0.400. The number of Topliss-reactive ketones (excluding diaryl/α,β-unsaturated/α-hetero) is 1. The monoisotopic (exact) mass is 230 g/mol. The lowest BCUT2D eigenvalue weighted by Crippen LogP contribution is -2.10. The molecule has 2 nitrogen and oxygen atoms in total. The molecule has 0 heterocycles. The van der Waals surface area contributed by atoms with E-state index in [4.69, 9.17) is 4.74 Å². The van der Waals surface area contributed by atoms with Crippen LogP contribution in [-0.4, -0.2) is 12.9 Å². The number of hydrogen-bond donors (Lipinski definition) is 0. The van der Waals surface area contributed by atoms with E-state index in [1.54, 1.807) is 7.11 Å². The molecule has 0 fully saturated rings. The van der Waals surface area contributed by atoms with Gasteiger partial charge in [-0.2, -0.15) is 0 Å². The van der Waals surface area contributed by atoms with Crippen LogP contribution in [0.2, 0.25) is 0 Å². The summed E-state index contributed by atoms with van der Waals surface area (Å²) in [5, 5.41) is 0. The molecular weight excluding hydrogens is 212 g/mol. The second-order valence-corrected chi connectivity index (χ2v) is 4.67. The van der Waals surface area contributed by atoms with E-state index in [2.05, 4.69) is 13.0 Å². The van der Waals surface area contributed by atoms with E-state index in [-0.39, 0.29) is 5.78 Å². The standard InChI is InChI=1S/C15H18O2/c1-11-3-5-12(6-4-11)15(16)13-7-9-14(17-2)10-8-13/h5,7-11H,3-4,6H2,1-2H3. The van der Waals surface area contributed by atoms with Gasteiger partial charge in [0.25, 0.3) is 0 Å². The first-order valence-corrected chi connectivity index (χ1v) is 6.08. The Bertz CT molecular complexity index is 429. The number of carbonyl (C=O) groups excluding carboxylic acids is 1. The van der Waals surface area contributed by atoms with Crippen molar-refractivity contribution in [2.75, 3.05) is 7.11 Å². The lowest BCUT2D eigenvalue weighted by molar-refractivity contribution is 0.102. The average molecular weight is 230 g/mol. The van der Waals surface area contributed by atoms with Crippen molar-refractivity contribution in [2.45, 2.75) is 26.2 Å². The maximum Gasteiger partial charge on any atom is 0.188 e. The molecule has 1 atom stereocenters. The number of methoxy groups -OCH3 is 1. The van der Waals surface area contributed by atoms with Crippen molar-refractivity contribution in [3.05, 3.63) is 41.5 Å². The third-order valence-corrected chi connectivity index (χ3v) is 3.32. The van der Waals surface area contributed by atoms with Gasteiger partial charge in [0, 0.05) is 5.56 Å². The summed E-state index contributed by atoms with van der Waals surface area (Å²) in [5.41, 5.74) is 1.72. The van der Waals surface area contributed by atoms with Crippen LogP contribution >= 0.6 is 0 Å². The topological polar surface area (TPSA) is 26.3 Å². The molecule has 1 aromatic carbocycles. The van der Waals surface area contributed by atoms with Gasteiger partial charge in [-0.25, -0.2) is 0 Å². The Balaban J connectivity index is 2.14. The summed E-state index contributed by atoms with van der Waals surface area (Å²) in [6.07, 6.45) is 5.15. The second kappa shape index (κ2) is 5.17. The first-order chi connectivity index (χ1) is 8.20. The lowest BCUT2D eigenvalue weighted by Gasteiger charge is -2.17. The second-order valence-electron chi connectivity index (χ2n) is 4.67. The Morgan fingerprint density at radius 3 is 2.53 bits per heavy atom. The fourth-order valence-corrected chi connectivity index (χ4v) is 2.10. The summed E-state index contributed by atoms with van der Waals surface area (Å²) in [7, 11) is 1.63. The Morgan fingerprint density at radius 2 is 2.00 bits per heavy atom. The highest BCUT2D eigenvalue weighted by Crippen LogP contribution is 2.25. The van der Waals surface area contributed by atoms with Crippen LogP contribution in [0.15, 0.2) is 35.9 Å². The van der Waals surface area contributed by atoms with Crippen molar-refractivity contribution in [3.8, 4) is 5.75 Å². The van der Waals surface area contributed by atoms with Crippen LogP contribution in [0.1, 0.15) is 36.5 Å². The van der Waals surface area contributed by atoms with Gasteiger partial charge in [-0.3, -0.25) is 4.79 Å². The molecule has 90 valence electrons. The maximum atomic E-state index is 12.2.